The van der Waals surface area contributed by atoms with Crippen LogP contribution in [0.4, 0.5) is 0 Å². The van der Waals surface area contributed by atoms with Crippen LogP contribution in [-0.2, 0) is 21.2 Å². The van der Waals surface area contributed by atoms with Crippen LogP contribution in [0.15, 0.2) is 71.9 Å². The van der Waals surface area contributed by atoms with E-state index in [1.807, 2.05) is 67.1 Å². The van der Waals surface area contributed by atoms with Gasteiger partial charge in [-0.05, 0) is 36.1 Å². The van der Waals surface area contributed by atoms with Crippen LogP contribution >= 0.6 is 0 Å². The molecule has 3 N–H and O–H groups in total. The lowest BCUT2D eigenvalue weighted by atomic mass is 9.95. The van der Waals surface area contributed by atoms with Crippen molar-refractivity contribution in [1.82, 2.24) is 19.1 Å². The van der Waals surface area contributed by atoms with Crippen LogP contribution in [-0.4, -0.2) is 50.2 Å². The number of benzene rings is 2. The van der Waals surface area contributed by atoms with E-state index in [1.54, 1.807) is 0 Å². The molecule has 0 aliphatic carbocycles. The second-order valence-electron chi connectivity index (χ2n) is 9.27. The van der Waals surface area contributed by atoms with Gasteiger partial charge < -0.3 is 10.2 Å². The molecule has 2 aromatic carbocycles. The Hall–Kier alpha value is -3.76. The highest BCUT2D eigenvalue weighted by Crippen LogP contribution is 2.47. The minimum absolute atomic E-state index is 0.111. The number of carboxylic acids is 1. The molecule has 3 heterocycles. The highest BCUT2D eigenvalue weighted by atomic mass is 32.2. The smallest absolute Gasteiger partial charge is 0.309 e. The first kappa shape index (κ1) is 24.0. The first-order valence-corrected chi connectivity index (χ1v) is 13.0. The Balaban J connectivity index is 1.70. The maximum absolute atomic E-state index is 13.8. The third-order valence-electron chi connectivity index (χ3n) is 6.68. The van der Waals surface area contributed by atoms with E-state index < -0.39 is 22.0 Å². The molecule has 9 nitrogen and oxygen atoms in total. The van der Waals surface area contributed by atoms with Gasteiger partial charge in [-0.15, -0.1) is 0 Å². The van der Waals surface area contributed by atoms with E-state index >= 15 is 0 Å². The minimum atomic E-state index is -4.00. The van der Waals surface area contributed by atoms with Crippen molar-refractivity contribution in [3.8, 4) is 5.75 Å². The highest BCUT2D eigenvalue weighted by molar-refractivity contribution is 7.89. The summed E-state index contributed by atoms with van der Waals surface area (Å²) in [6, 6.07) is 17.0. The van der Waals surface area contributed by atoms with Gasteiger partial charge in [0.2, 0.25) is 0 Å². The summed E-state index contributed by atoms with van der Waals surface area (Å²) in [6.07, 6.45) is 0.998. The number of nitrogens with zero attached hydrogens (tertiary/aromatic N) is 4. The molecule has 0 saturated carbocycles. The zero-order valence-corrected chi connectivity index (χ0v) is 20.7. The normalized spacial score (nSPS) is 20.7. The molecule has 3 atom stereocenters. The van der Waals surface area contributed by atoms with Gasteiger partial charge in [-0.2, -0.15) is 9.40 Å². The average Bonchev–Trinajstić information content (AvgIpc) is 3.36. The number of aliphatic carboxylic acids is 1. The van der Waals surface area contributed by atoms with E-state index in [0.29, 0.717) is 5.69 Å². The summed E-state index contributed by atoms with van der Waals surface area (Å²) in [6.45, 7) is 4.17. The summed E-state index contributed by atoms with van der Waals surface area (Å²) >= 11 is 0. The molecule has 1 unspecified atom stereocenters. The van der Waals surface area contributed by atoms with Crippen LogP contribution < -0.4 is 0 Å². The number of hydrogen-bond acceptors (Lipinski definition) is 5. The van der Waals surface area contributed by atoms with E-state index in [4.69, 9.17) is 10.2 Å². The van der Waals surface area contributed by atoms with Crippen molar-refractivity contribution < 1.29 is 23.4 Å². The fourth-order valence-corrected chi connectivity index (χ4v) is 6.73. The third-order valence-corrected chi connectivity index (χ3v) is 8.44. The van der Waals surface area contributed by atoms with Crippen molar-refractivity contribution >= 4 is 26.9 Å². The summed E-state index contributed by atoms with van der Waals surface area (Å²) in [5.74, 6) is -0.985. The van der Waals surface area contributed by atoms with E-state index in [9.17, 15) is 18.3 Å². The van der Waals surface area contributed by atoms with Crippen LogP contribution in [0.3, 0.4) is 0 Å². The Kier molecular flexibility index (Phi) is 6.01. The van der Waals surface area contributed by atoms with E-state index in [-0.39, 0.29) is 35.7 Å². The number of aromatic nitrogens is 3. The first-order valence-electron chi connectivity index (χ1n) is 11.6. The van der Waals surface area contributed by atoms with E-state index in [2.05, 4.69) is 4.98 Å². The lowest BCUT2D eigenvalue weighted by molar-refractivity contribution is -0.136. The van der Waals surface area contributed by atoms with Gasteiger partial charge in [-0.25, -0.2) is 13.4 Å². The molecule has 0 spiro atoms. The van der Waals surface area contributed by atoms with Gasteiger partial charge in [0.15, 0.2) is 5.03 Å². The van der Waals surface area contributed by atoms with Gasteiger partial charge in [-0.1, -0.05) is 49.4 Å². The van der Waals surface area contributed by atoms with Crippen LogP contribution in [0.1, 0.15) is 35.8 Å². The molecular weight excluding hydrogens is 480 g/mol. The summed E-state index contributed by atoms with van der Waals surface area (Å²) in [5, 5.41) is 22.5. The van der Waals surface area contributed by atoms with Crippen molar-refractivity contribution in [1.29, 1.82) is 0 Å². The van der Waals surface area contributed by atoms with Gasteiger partial charge >= 0.3 is 5.97 Å². The first-order chi connectivity index (χ1) is 17.2. The summed E-state index contributed by atoms with van der Waals surface area (Å²) in [4.78, 5) is 15.6. The predicted octanol–water partition coefficient (Wildman–Crippen LogP) is 3.43. The Morgan fingerprint density at radius 1 is 1.14 bits per heavy atom. The fraction of sp³-hybridized carbons (Fsp3) is 0.269. The van der Waals surface area contributed by atoms with Crippen molar-refractivity contribution in [3.63, 3.8) is 0 Å². The van der Waals surface area contributed by atoms with Crippen molar-refractivity contribution in [2.45, 2.75) is 37.4 Å². The molecule has 2 aromatic heterocycles. The Labute approximate surface area is 208 Å². The number of fused-ring (bicyclic) bond motifs is 1. The standard InChI is InChI=1S/C26H26N4O5S/c1-16-8-10-20-21(13-24(32)33)28-30(22(20)12-16)25-17(2)15-29(26(25)18-6-4-3-5-7-18)36(34,35)23-11-9-19(31)14-27-23/h3-12,14,17,25-26,31H,13,15H2,1-2H3,(H,32,33)/p+1/t17-,25-,26?/m1/s1. The number of carbonyl (C=O) groups is 1. The molecule has 4 aromatic rings. The topological polar surface area (TPSA) is 128 Å². The lowest BCUT2D eigenvalue weighted by Crippen LogP contribution is -2.33. The molecule has 186 valence electrons. The Morgan fingerprint density at radius 3 is 2.56 bits per heavy atom. The molecule has 1 aliphatic rings. The molecule has 5 rings (SSSR count). The number of rotatable bonds is 6. The molecule has 0 radical (unpaired) electrons. The van der Waals surface area contributed by atoms with E-state index in [0.717, 1.165) is 22.0 Å². The van der Waals surface area contributed by atoms with Gasteiger partial charge in [0.25, 0.3) is 15.8 Å². The second kappa shape index (κ2) is 9.03. The zero-order chi connectivity index (χ0) is 25.6. The minimum Gasteiger partial charge on any atom is -0.592 e. The number of hydrogen-bond donors (Lipinski definition) is 1. The second-order valence-corrected chi connectivity index (χ2v) is 11.1. The quantitative estimate of drug-likeness (QED) is 0.398. The number of aryl methyl sites for hydroxylation is 1. The molecule has 0 bridgehead atoms. The molecular formula is C26H27N4O5S+. The molecule has 1 aliphatic heterocycles. The van der Waals surface area contributed by atoms with Gasteiger partial charge in [0.1, 0.15) is 6.20 Å². The molecule has 10 heteroatoms. The van der Waals surface area contributed by atoms with Crippen LogP contribution in [0.25, 0.3) is 10.9 Å². The average molecular weight is 508 g/mol. The third kappa shape index (κ3) is 4.12. The van der Waals surface area contributed by atoms with Gasteiger partial charge in [0, 0.05) is 18.0 Å². The maximum Gasteiger partial charge on any atom is 0.309 e. The summed E-state index contributed by atoms with van der Waals surface area (Å²) in [7, 11) is -4.00. The monoisotopic (exact) mass is 507 g/mol. The SMILES string of the molecule is Cc1ccc2c(CC(=O)O)nn([C@H]3C(c4ccccc4)N(S(=O)(=O)c4ccc([OH2+])cn4)C[C@H]3C)c2c1. The van der Waals surface area contributed by atoms with Crippen LogP contribution in [0.2, 0.25) is 0 Å². The maximum atomic E-state index is 13.8. The van der Waals surface area contributed by atoms with Gasteiger partial charge in [0.05, 0.1) is 29.7 Å². The largest absolute Gasteiger partial charge is 0.592 e. The summed E-state index contributed by atoms with van der Waals surface area (Å²) < 4.78 is 30.9. The number of pyridine rings is 1. The number of carboxylic acid groups (broad SMARTS) is 1. The Bertz CT molecular complexity index is 1530. The van der Waals surface area contributed by atoms with Crippen LogP contribution in [0.5, 0.6) is 5.75 Å². The van der Waals surface area contributed by atoms with Crippen molar-refractivity contribution in [2.24, 2.45) is 5.92 Å². The molecule has 0 amide bonds. The lowest BCUT2D eigenvalue weighted by Gasteiger charge is -2.29. The fourth-order valence-electron chi connectivity index (χ4n) is 5.09. The zero-order valence-electron chi connectivity index (χ0n) is 19.9. The van der Waals surface area contributed by atoms with Crippen molar-refractivity contribution in [2.75, 3.05) is 6.54 Å². The number of sulfonamides is 1. The van der Waals surface area contributed by atoms with E-state index in [1.165, 1.54) is 22.6 Å². The van der Waals surface area contributed by atoms with Gasteiger partial charge in [-0.3, -0.25) is 9.48 Å². The predicted molar refractivity (Wildman–Crippen MR) is 134 cm³/mol. The molecule has 1 fully saturated rings. The Morgan fingerprint density at radius 2 is 1.89 bits per heavy atom. The molecule has 1 saturated heterocycles. The molecule has 36 heavy (non-hydrogen) atoms. The van der Waals surface area contributed by atoms with Crippen molar-refractivity contribution in [3.05, 3.63) is 83.7 Å². The summed E-state index contributed by atoms with van der Waals surface area (Å²) in [5.41, 5.74) is 3.03. The van der Waals surface area contributed by atoms with Crippen LogP contribution in [0, 0.1) is 12.8 Å². The highest BCUT2D eigenvalue weighted by Gasteiger charge is 2.48.